The monoisotopic (exact) mass is 543 g/mol. The Bertz CT molecular complexity index is 1080. The van der Waals surface area contributed by atoms with Gasteiger partial charge in [-0.1, -0.05) is 81.4 Å². The first-order chi connectivity index (χ1) is 17.7. The summed E-state index contributed by atoms with van der Waals surface area (Å²) in [5.74, 6) is -3.40. The first kappa shape index (κ1) is 30.9. The normalized spacial score (nSPS) is 12.6. The van der Waals surface area contributed by atoms with E-state index in [0.717, 1.165) is 10.4 Å². The molecular weight excluding hydrogens is 505 g/mol. The van der Waals surface area contributed by atoms with Gasteiger partial charge < -0.3 is 13.9 Å². The van der Waals surface area contributed by atoms with Crippen LogP contribution in [-0.2, 0) is 23.5 Å². The van der Waals surface area contributed by atoms with Crippen LogP contribution < -0.4 is 10.4 Å². The second-order valence-electron chi connectivity index (χ2n) is 10.7. The van der Waals surface area contributed by atoms with E-state index in [9.17, 15) is 14.4 Å². The number of carbonyl (C=O) groups is 3. The maximum atomic E-state index is 15.2. The van der Waals surface area contributed by atoms with Crippen LogP contribution in [-0.4, -0.2) is 56.5 Å². The highest BCUT2D eigenvalue weighted by atomic mass is 28.4. The molecule has 0 fully saturated rings. The molecule has 0 saturated carbocycles. The van der Waals surface area contributed by atoms with Gasteiger partial charge >= 0.3 is 18.0 Å². The van der Waals surface area contributed by atoms with Crippen molar-refractivity contribution in [3.63, 3.8) is 0 Å². The maximum absolute atomic E-state index is 15.2. The standard InChI is InChI=1S/C29H38FNO6Si/c1-8-35-26(33)25(32)31(27(34)37-28(2,3)4)21-22(30)19-20-36-38(29(5,6)7,23-15-11-9-12-16-23)24-17-13-10-14-18-24/h9-19H,8,20-21H2,1-7H3/b22-19+. The molecule has 0 spiro atoms. The van der Waals surface area contributed by atoms with Crippen molar-refractivity contribution in [3.8, 4) is 0 Å². The molecule has 0 N–H and O–H groups in total. The highest BCUT2D eigenvalue weighted by Crippen LogP contribution is 2.36. The summed E-state index contributed by atoms with van der Waals surface area (Å²) in [7, 11) is -2.92. The zero-order chi connectivity index (χ0) is 28.6. The second kappa shape index (κ2) is 13.0. The third kappa shape index (κ3) is 7.85. The van der Waals surface area contributed by atoms with E-state index >= 15 is 4.39 Å². The Kier molecular flexibility index (Phi) is 10.6. The number of halogens is 1. The summed E-state index contributed by atoms with van der Waals surface area (Å²) in [4.78, 5) is 37.6. The number of ether oxygens (including phenoxy) is 2. The van der Waals surface area contributed by atoms with Crippen molar-refractivity contribution in [2.45, 2.75) is 59.1 Å². The molecule has 0 unspecified atom stereocenters. The predicted octanol–water partition coefficient (Wildman–Crippen LogP) is 4.74. The lowest BCUT2D eigenvalue weighted by Gasteiger charge is -2.42. The van der Waals surface area contributed by atoms with Crippen molar-refractivity contribution in [2.24, 2.45) is 0 Å². The van der Waals surface area contributed by atoms with E-state index in [1.165, 1.54) is 13.0 Å². The van der Waals surface area contributed by atoms with Crippen LogP contribution in [0.2, 0.25) is 5.04 Å². The van der Waals surface area contributed by atoms with E-state index in [-0.39, 0.29) is 18.3 Å². The van der Waals surface area contributed by atoms with Gasteiger partial charge in [0.25, 0.3) is 8.32 Å². The van der Waals surface area contributed by atoms with Crippen LogP contribution in [0.5, 0.6) is 0 Å². The van der Waals surface area contributed by atoms with Gasteiger partial charge in [-0.05, 0) is 49.2 Å². The first-order valence-electron chi connectivity index (χ1n) is 12.5. The predicted molar refractivity (Wildman–Crippen MR) is 147 cm³/mol. The molecule has 0 heterocycles. The minimum atomic E-state index is -2.92. The fourth-order valence-corrected chi connectivity index (χ4v) is 8.56. The fraction of sp³-hybridized carbons (Fsp3) is 0.414. The Labute approximate surface area is 225 Å². The molecule has 2 aromatic carbocycles. The Morgan fingerprint density at radius 3 is 1.82 bits per heavy atom. The van der Waals surface area contributed by atoms with E-state index in [1.807, 2.05) is 60.7 Å². The average Bonchev–Trinajstić information content (AvgIpc) is 2.84. The molecule has 0 atom stereocenters. The summed E-state index contributed by atoms with van der Waals surface area (Å²) in [6.45, 7) is 11.6. The molecular formula is C29H38FNO6Si. The zero-order valence-electron chi connectivity index (χ0n) is 23.2. The quantitative estimate of drug-likeness (QED) is 0.272. The fourth-order valence-electron chi connectivity index (χ4n) is 4.07. The van der Waals surface area contributed by atoms with Crippen LogP contribution >= 0.6 is 0 Å². The lowest BCUT2D eigenvalue weighted by atomic mass is 10.2. The Morgan fingerprint density at radius 2 is 1.39 bits per heavy atom. The molecule has 0 aromatic heterocycles. The number of hydrogen-bond donors (Lipinski definition) is 0. The summed E-state index contributed by atoms with van der Waals surface area (Å²) in [5, 5.41) is 1.74. The molecule has 7 nitrogen and oxygen atoms in total. The minimum absolute atomic E-state index is 0.0720. The summed E-state index contributed by atoms with van der Waals surface area (Å²) < 4.78 is 31.7. The van der Waals surface area contributed by atoms with Gasteiger partial charge in [-0.3, -0.25) is 4.79 Å². The van der Waals surface area contributed by atoms with Gasteiger partial charge in [0.05, 0.1) is 19.8 Å². The number of amides is 2. The number of imide groups is 1. The Balaban J connectivity index is 2.38. The molecule has 38 heavy (non-hydrogen) atoms. The van der Waals surface area contributed by atoms with Gasteiger partial charge in [0.2, 0.25) is 0 Å². The molecule has 0 bridgehead atoms. The van der Waals surface area contributed by atoms with Crippen molar-refractivity contribution in [1.82, 2.24) is 4.90 Å². The molecule has 2 aromatic rings. The number of esters is 1. The van der Waals surface area contributed by atoms with Crippen LogP contribution in [0.1, 0.15) is 48.5 Å². The molecule has 206 valence electrons. The number of nitrogens with zero attached hydrogens (tertiary/aromatic N) is 1. The highest BCUT2D eigenvalue weighted by Gasteiger charge is 2.50. The van der Waals surface area contributed by atoms with E-state index in [0.29, 0.717) is 4.90 Å². The van der Waals surface area contributed by atoms with Gasteiger partial charge in [0, 0.05) is 0 Å². The summed E-state index contributed by atoms with van der Waals surface area (Å²) in [5.41, 5.74) is -0.961. The third-order valence-corrected chi connectivity index (χ3v) is 10.6. The Morgan fingerprint density at radius 1 is 0.895 bits per heavy atom. The highest BCUT2D eigenvalue weighted by molar-refractivity contribution is 6.99. The van der Waals surface area contributed by atoms with Gasteiger partial charge in [-0.2, -0.15) is 0 Å². The van der Waals surface area contributed by atoms with Crippen LogP contribution in [0.4, 0.5) is 9.18 Å². The molecule has 9 heteroatoms. The van der Waals surface area contributed by atoms with E-state index in [1.54, 1.807) is 20.8 Å². The van der Waals surface area contributed by atoms with Crippen LogP contribution in [0.15, 0.2) is 72.6 Å². The van der Waals surface area contributed by atoms with Gasteiger partial charge in [-0.15, -0.1) is 0 Å². The molecule has 2 rings (SSSR count). The lowest BCUT2D eigenvalue weighted by molar-refractivity contribution is -0.159. The van der Waals surface area contributed by atoms with Crippen LogP contribution in [0, 0.1) is 0 Å². The van der Waals surface area contributed by atoms with E-state index in [4.69, 9.17) is 13.9 Å². The van der Waals surface area contributed by atoms with Gasteiger partial charge in [-0.25, -0.2) is 18.9 Å². The van der Waals surface area contributed by atoms with Crippen molar-refractivity contribution in [2.75, 3.05) is 19.8 Å². The Hall–Kier alpha value is -3.30. The topological polar surface area (TPSA) is 82.1 Å². The molecule has 2 amide bonds. The number of benzene rings is 2. The van der Waals surface area contributed by atoms with Gasteiger partial charge in [0.1, 0.15) is 11.4 Å². The van der Waals surface area contributed by atoms with Crippen molar-refractivity contribution in [3.05, 3.63) is 72.6 Å². The molecule has 0 aliphatic carbocycles. The van der Waals surface area contributed by atoms with E-state index in [2.05, 4.69) is 20.8 Å². The third-order valence-electron chi connectivity index (χ3n) is 5.64. The zero-order valence-corrected chi connectivity index (χ0v) is 24.2. The smallest absolute Gasteiger partial charge is 0.417 e. The van der Waals surface area contributed by atoms with E-state index < -0.39 is 44.3 Å². The van der Waals surface area contributed by atoms with Crippen molar-refractivity contribution in [1.29, 1.82) is 0 Å². The minimum Gasteiger partial charge on any atom is -0.459 e. The average molecular weight is 544 g/mol. The van der Waals surface area contributed by atoms with Crippen LogP contribution in [0.25, 0.3) is 0 Å². The van der Waals surface area contributed by atoms with Crippen molar-refractivity contribution >= 4 is 36.7 Å². The van der Waals surface area contributed by atoms with Gasteiger partial charge in [0.15, 0.2) is 0 Å². The first-order valence-corrected chi connectivity index (χ1v) is 14.4. The molecule has 0 aliphatic heterocycles. The molecule has 0 saturated heterocycles. The molecule has 0 radical (unpaired) electrons. The largest absolute Gasteiger partial charge is 0.459 e. The lowest BCUT2D eigenvalue weighted by Crippen LogP contribution is -2.66. The number of hydrogen-bond acceptors (Lipinski definition) is 6. The number of rotatable bonds is 8. The van der Waals surface area contributed by atoms with Crippen molar-refractivity contribution < 1.29 is 32.7 Å². The SMILES string of the molecule is CCOC(=O)C(=O)N(C/C(F)=C\CO[Si](c1ccccc1)(c1ccccc1)C(C)(C)C)C(=O)OC(C)(C)C. The number of carbonyl (C=O) groups excluding carboxylic acids is 3. The second-order valence-corrected chi connectivity index (χ2v) is 15.0. The summed E-state index contributed by atoms with van der Waals surface area (Å²) >= 11 is 0. The summed E-state index contributed by atoms with van der Waals surface area (Å²) in [6.07, 6.45) is 0.0295. The summed E-state index contributed by atoms with van der Waals surface area (Å²) in [6, 6.07) is 19.7. The molecule has 0 aliphatic rings. The maximum Gasteiger partial charge on any atom is 0.417 e. The van der Waals surface area contributed by atoms with Crippen LogP contribution in [0.3, 0.4) is 0 Å².